The van der Waals surface area contributed by atoms with Gasteiger partial charge in [0.25, 0.3) is 5.91 Å². The predicted octanol–water partition coefficient (Wildman–Crippen LogP) is 5.65. The molecule has 0 aliphatic carbocycles. The molecule has 5 rings (SSSR count). The lowest BCUT2D eigenvalue weighted by molar-refractivity contribution is -0.117. The fourth-order valence-electron chi connectivity index (χ4n) is 5.55. The van der Waals surface area contributed by atoms with E-state index >= 15 is 0 Å². The van der Waals surface area contributed by atoms with E-state index in [1.165, 1.54) is 31.5 Å². The van der Waals surface area contributed by atoms with E-state index in [-0.39, 0.29) is 23.1 Å². The third-order valence-corrected chi connectivity index (χ3v) is 7.83. The van der Waals surface area contributed by atoms with Crippen LogP contribution >= 0.6 is 11.6 Å². The monoisotopic (exact) mass is 503 g/mol. The minimum Gasteiger partial charge on any atom is -0.352 e. The van der Waals surface area contributed by atoms with Gasteiger partial charge in [-0.25, -0.2) is 0 Å². The fraction of sp³-hybridized carbons (Fsp3) is 0.400. The van der Waals surface area contributed by atoms with Crippen molar-refractivity contribution in [2.75, 3.05) is 37.6 Å². The number of carbonyl (C=O) groups excluding carboxylic acids is 2. The maximum absolute atomic E-state index is 12.8. The lowest BCUT2D eigenvalue weighted by Gasteiger charge is -2.31. The molecule has 2 amide bonds. The van der Waals surface area contributed by atoms with Crippen LogP contribution in [0.25, 0.3) is 10.8 Å². The lowest BCUT2D eigenvalue weighted by Crippen LogP contribution is -2.35. The van der Waals surface area contributed by atoms with Crippen LogP contribution in [0.4, 0.5) is 5.69 Å². The van der Waals surface area contributed by atoms with Crippen molar-refractivity contribution < 1.29 is 9.59 Å². The van der Waals surface area contributed by atoms with Gasteiger partial charge in [0, 0.05) is 53.7 Å². The molecule has 5 nitrogen and oxygen atoms in total. The van der Waals surface area contributed by atoms with Gasteiger partial charge in [-0.2, -0.15) is 0 Å². The van der Waals surface area contributed by atoms with Gasteiger partial charge >= 0.3 is 0 Å². The number of hydrogen-bond donors (Lipinski definition) is 1. The van der Waals surface area contributed by atoms with E-state index in [4.69, 9.17) is 11.6 Å². The van der Waals surface area contributed by atoms with Gasteiger partial charge in [0.2, 0.25) is 5.91 Å². The molecule has 1 unspecified atom stereocenters. The standard InChI is InChI=1S/C30H34ClN3O2/c1-30(2,20-33-13-3-4-14-33)25-8-11-27(12-9-25)34-19-21(15-28(34)35)18-32-29(36)24-6-5-23-17-26(31)10-7-22(23)16-24/h5-12,16-17,21H,3-4,13-15,18-20H2,1-2H3,(H,32,36). The van der Waals surface area contributed by atoms with Gasteiger partial charge in [-0.3, -0.25) is 9.59 Å². The average molecular weight is 504 g/mol. The summed E-state index contributed by atoms with van der Waals surface area (Å²) in [5, 5.41) is 5.68. The molecule has 2 saturated heterocycles. The van der Waals surface area contributed by atoms with Crippen molar-refractivity contribution in [2.45, 2.75) is 38.5 Å². The number of anilines is 1. The SMILES string of the molecule is CC(C)(CN1CCCC1)c1ccc(N2CC(CNC(=O)c3ccc4cc(Cl)ccc4c3)CC2=O)cc1. The molecule has 2 aliphatic heterocycles. The Balaban J connectivity index is 1.18. The summed E-state index contributed by atoms with van der Waals surface area (Å²) in [5.74, 6) is 0.0789. The number of nitrogens with zero attached hydrogens (tertiary/aromatic N) is 2. The quantitative estimate of drug-likeness (QED) is 0.453. The number of carbonyl (C=O) groups is 2. The number of nitrogens with one attached hydrogen (secondary N) is 1. The second-order valence-corrected chi connectivity index (χ2v) is 11.3. The molecule has 2 heterocycles. The topological polar surface area (TPSA) is 52.6 Å². The zero-order valence-electron chi connectivity index (χ0n) is 21.1. The van der Waals surface area contributed by atoms with Crippen LogP contribution < -0.4 is 10.2 Å². The Bertz CT molecular complexity index is 1260. The molecular formula is C30H34ClN3O2. The van der Waals surface area contributed by atoms with Gasteiger partial charge in [-0.1, -0.05) is 49.7 Å². The van der Waals surface area contributed by atoms with Crippen molar-refractivity contribution in [1.29, 1.82) is 0 Å². The number of rotatable bonds is 7. The summed E-state index contributed by atoms with van der Waals surface area (Å²) >= 11 is 6.06. The molecule has 1 N–H and O–H groups in total. The fourth-order valence-corrected chi connectivity index (χ4v) is 5.73. The maximum atomic E-state index is 12.8. The molecule has 0 spiro atoms. The first kappa shape index (κ1) is 24.8. The summed E-state index contributed by atoms with van der Waals surface area (Å²) in [6.45, 7) is 9.12. The third-order valence-electron chi connectivity index (χ3n) is 7.60. The summed E-state index contributed by atoms with van der Waals surface area (Å²) in [6.07, 6.45) is 3.04. The molecule has 6 heteroatoms. The van der Waals surface area contributed by atoms with Gasteiger partial charge in [0.15, 0.2) is 0 Å². The lowest BCUT2D eigenvalue weighted by atomic mass is 9.84. The summed E-state index contributed by atoms with van der Waals surface area (Å²) in [7, 11) is 0. The van der Waals surface area contributed by atoms with Gasteiger partial charge in [-0.15, -0.1) is 0 Å². The van der Waals surface area contributed by atoms with E-state index in [1.54, 1.807) is 0 Å². The molecule has 188 valence electrons. The molecular weight excluding hydrogens is 470 g/mol. The average Bonchev–Trinajstić information content (AvgIpc) is 3.51. The Hall–Kier alpha value is -2.89. The van der Waals surface area contributed by atoms with Gasteiger partial charge < -0.3 is 15.1 Å². The van der Waals surface area contributed by atoms with Gasteiger partial charge in [0.1, 0.15) is 0 Å². The molecule has 3 aromatic carbocycles. The molecule has 2 fully saturated rings. The normalized spacial score (nSPS) is 18.8. The maximum Gasteiger partial charge on any atom is 0.251 e. The minimum absolute atomic E-state index is 0.0692. The van der Waals surface area contributed by atoms with Crippen LogP contribution in [0.15, 0.2) is 60.7 Å². The molecule has 0 bridgehead atoms. The van der Waals surface area contributed by atoms with E-state index in [1.807, 2.05) is 41.3 Å². The molecule has 1 atom stereocenters. The Morgan fingerprint density at radius 2 is 1.69 bits per heavy atom. The zero-order valence-corrected chi connectivity index (χ0v) is 21.9. The smallest absolute Gasteiger partial charge is 0.251 e. The van der Waals surface area contributed by atoms with E-state index in [0.717, 1.165) is 23.0 Å². The van der Waals surface area contributed by atoms with Crippen LogP contribution in [0, 0.1) is 5.92 Å². The van der Waals surface area contributed by atoms with Crippen molar-refractivity contribution in [3.05, 3.63) is 76.8 Å². The molecule has 3 aromatic rings. The van der Waals surface area contributed by atoms with Crippen molar-refractivity contribution in [3.8, 4) is 0 Å². The van der Waals surface area contributed by atoms with E-state index < -0.39 is 0 Å². The number of amides is 2. The summed E-state index contributed by atoms with van der Waals surface area (Å²) in [4.78, 5) is 29.9. The van der Waals surface area contributed by atoms with Gasteiger partial charge in [0.05, 0.1) is 0 Å². The van der Waals surface area contributed by atoms with Crippen LogP contribution in [0.2, 0.25) is 5.02 Å². The number of fused-ring (bicyclic) bond motifs is 1. The van der Waals surface area contributed by atoms with E-state index in [9.17, 15) is 9.59 Å². The van der Waals surface area contributed by atoms with Crippen LogP contribution in [-0.2, 0) is 10.2 Å². The minimum atomic E-state index is -0.123. The molecule has 0 saturated carbocycles. The number of hydrogen-bond acceptors (Lipinski definition) is 3. The molecule has 0 aromatic heterocycles. The first-order valence-electron chi connectivity index (χ1n) is 12.9. The van der Waals surface area contributed by atoms with Crippen LogP contribution in [0.5, 0.6) is 0 Å². The van der Waals surface area contributed by atoms with E-state index in [2.05, 4.69) is 48.3 Å². The highest BCUT2D eigenvalue weighted by Gasteiger charge is 2.31. The Morgan fingerprint density at radius 1 is 1.00 bits per heavy atom. The van der Waals surface area contributed by atoms with Crippen molar-refractivity contribution in [2.24, 2.45) is 5.92 Å². The summed E-state index contributed by atoms with van der Waals surface area (Å²) < 4.78 is 0. The Labute approximate surface area is 218 Å². The second kappa shape index (κ2) is 10.2. The predicted molar refractivity (Wildman–Crippen MR) is 147 cm³/mol. The van der Waals surface area contributed by atoms with Crippen LogP contribution in [0.3, 0.4) is 0 Å². The third kappa shape index (κ3) is 5.42. The van der Waals surface area contributed by atoms with Gasteiger partial charge in [-0.05, 0) is 78.7 Å². The van der Waals surface area contributed by atoms with Crippen LogP contribution in [0.1, 0.15) is 49.0 Å². The molecule has 2 aliphatic rings. The van der Waals surface area contributed by atoms with Crippen molar-refractivity contribution in [1.82, 2.24) is 10.2 Å². The highest BCUT2D eigenvalue weighted by Crippen LogP contribution is 2.30. The number of benzene rings is 3. The number of likely N-dealkylation sites (tertiary alicyclic amines) is 1. The number of halogens is 1. The first-order chi connectivity index (χ1) is 17.3. The summed E-state index contributed by atoms with van der Waals surface area (Å²) in [5.41, 5.74) is 2.91. The molecule has 0 radical (unpaired) electrons. The van der Waals surface area contributed by atoms with Crippen molar-refractivity contribution >= 4 is 39.9 Å². The Morgan fingerprint density at radius 3 is 2.44 bits per heavy atom. The second-order valence-electron chi connectivity index (χ2n) is 10.9. The highest BCUT2D eigenvalue weighted by atomic mass is 35.5. The highest BCUT2D eigenvalue weighted by molar-refractivity contribution is 6.31. The van der Waals surface area contributed by atoms with Crippen LogP contribution in [-0.4, -0.2) is 49.4 Å². The largest absolute Gasteiger partial charge is 0.352 e. The molecule has 36 heavy (non-hydrogen) atoms. The Kier molecular flexibility index (Phi) is 7.05. The van der Waals surface area contributed by atoms with Crippen molar-refractivity contribution in [3.63, 3.8) is 0 Å². The zero-order chi connectivity index (χ0) is 25.3. The van der Waals surface area contributed by atoms with E-state index in [0.29, 0.717) is 30.1 Å². The first-order valence-corrected chi connectivity index (χ1v) is 13.3. The summed E-state index contributed by atoms with van der Waals surface area (Å²) in [6, 6.07) is 19.7.